The van der Waals surface area contributed by atoms with Crippen LogP contribution in [-0.2, 0) is 0 Å². The Balaban J connectivity index is 1.76. The molecule has 3 rings (SSSR count). The number of urea groups is 1. The molecule has 0 unspecified atom stereocenters. The summed E-state index contributed by atoms with van der Waals surface area (Å²) in [7, 11) is 0. The lowest BCUT2D eigenvalue weighted by atomic mass is 10.2. The molecule has 2 N–H and O–H groups in total. The Labute approximate surface area is 118 Å². The van der Waals surface area contributed by atoms with Gasteiger partial charge in [-0.05, 0) is 18.6 Å². The lowest BCUT2D eigenvalue weighted by molar-refractivity contribution is 0.262. The number of anilines is 2. The third-order valence-corrected chi connectivity index (χ3v) is 3.58. The monoisotopic (exact) mass is 285 g/mol. The predicted octanol–water partition coefficient (Wildman–Crippen LogP) is 3.04. The van der Waals surface area contributed by atoms with Gasteiger partial charge < -0.3 is 0 Å². The summed E-state index contributed by atoms with van der Waals surface area (Å²) < 4.78 is 1.04. The van der Waals surface area contributed by atoms with Gasteiger partial charge in [-0.3, -0.25) is 15.6 Å². The summed E-state index contributed by atoms with van der Waals surface area (Å²) in [6.07, 6.45) is 4.53. The van der Waals surface area contributed by atoms with Crippen molar-refractivity contribution in [2.45, 2.75) is 6.92 Å². The second-order valence-corrected chi connectivity index (χ2v) is 5.14. The highest BCUT2D eigenvalue weighted by Crippen LogP contribution is 2.27. The minimum Gasteiger partial charge on any atom is -0.291 e. The van der Waals surface area contributed by atoms with Gasteiger partial charge in [-0.15, -0.1) is 0 Å². The highest BCUT2D eigenvalue weighted by molar-refractivity contribution is 7.22. The zero-order chi connectivity index (χ0) is 13.9. The van der Waals surface area contributed by atoms with Gasteiger partial charge >= 0.3 is 6.03 Å². The smallest absolute Gasteiger partial charge is 0.291 e. The number of nitrogens with zero attached hydrogens (tertiary/aromatic N) is 3. The molecule has 0 bridgehead atoms. The first-order chi connectivity index (χ1) is 9.72. The fourth-order valence-corrected chi connectivity index (χ4v) is 2.69. The minimum atomic E-state index is -0.387. The molecule has 0 spiro atoms. The van der Waals surface area contributed by atoms with Crippen LogP contribution >= 0.6 is 11.3 Å². The second kappa shape index (κ2) is 5.22. The van der Waals surface area contributed by atoms with Crippen LogP contribution in [0.25, 0.3) is 10.2 Å². The molecule has 7 heteroatoms. The zero-order valence-electron chi connectivity index (χ0n) is 10.6. The molecule has 0 aliphatic heterocycles. The van der Waals surface area contributed by atoms with Crippen molar-refractivity contribution in [2.75, 3.05) is 10.6 Å². The Hall–Kier alpha value is -2.54. The van der Waals surface area contributed by atoms with E-state index < -0.39 is 0 Å². The van der Waals surface area contributed by atoms with E-state index in [0.717, 1.165) is 15.8 Å². The van der Waals surface area contributed by atoms with E-state index in [1.165, 1.54) is 23.7 Å². The first kappa shape index (κ1) is 12.5. The maximum atomic E-state index is 11.8. The van der Waals surface area contributed by atoms with Crippen molar-refractivity contribution in [2.24, 2.45) is 0 Å². The van der Waals surface area contributed by atoms with Crippen LogP contribution in [0.5, 0.6) is 0 Å². The standard InChI is InChI=1S/C13H11N5OS/c1-8-3-2-4-9-11(8)17-13(20-9)18-12(19)16-10-7-14-5-6-15-10/h2-7H,1H3,(H2,15,16,17,18,19). The van der Waals surface area contributed by atoms with Crippen molar-refractivity contribution in [1.29, 1.82) is 0 Å². The first-order valence-corrected chi connectivity index (χ1v) is 6.74. The maximum Gasteiger partial charge on any atom is 0.326 e. The van der Waals surface area contributed by atoms with Crippen molar-refractivity contribution in [3.63, 3.8) is 0 Å². The maximum absolute atomic E-state index is 11.8. The van der Waals surface area contributed by atoms with E-state index in [2.05, 4.69) is 25.6 Å². The highest BCUT2D eigenvalue weighted by Gasteiger charge is 2.09. The molecule has 3 aromatic rings. The average Bonchev–Trinajstić information content (AvgIpc) is 2.83. The number of hydrogen-bond acceptors (Lipinski definition) is 5. The molecular formula is C13H11N5OS. The molecule has 20 heavy (non-hydrogen) atoms. The van der Waals surface area contributed by atoms with Gasteiger partial charge in [-0.25, -0.2) is 14.8 Å². The summed E-state index contributed by atoms with van der Waals surface area (Å²) in [5, 5.41) is 5.84. The molecule has 0 aliphatic carbocycles. The molecule has 0 aliphatic rings. The van der Waals surface area contributed by atoms with Gasteiger partial charge in [-0.2, -0.15) is 0 Å². The molecule has 6 nitrogen and oxygen atoms in total. The van der Waals surface area contributed by atoms with Crippen LogP contribution in [0.1, 0.15) is 5.56 Å². The van der Waals surface area contributed by atoms with E-state index in [-0.39, 0.29) is 6.03 Å². The van der Waals surface area contributed by atoms with Gasteiger partial charge in [0.15, 0.2) is 10.9 Å². The van der Waals surface area contributed by atoms with Crippen molar-refractivity contribution in [3.8, 4) is 0 Å². The van der Waals surface area contributed by atoms with Gasteiger partial charge in [0, 0.05) is 12.4 Å². The lowest BCUT2D eigenvalue weighted by Crippen LogP contribution is -2.19. The van der Waals surface area contributed by atoms with E-state index in [0.29, 0.717) is 10.9 Å². The predicted molar refractivity (Wildman–Crippen MR) is 79.0 cm³/mol. The van der Waals surface area contributed by atoms with Gasteiger partial charge in [0.1, 0.15) is 0 Å². The molecular weight excluding hydrogens is 274 g/mol. The summed E-state index contributed by atoms with van der Waals surface area (Å²) >= 11 is 1.43. The van der Waals surface area contributed by atoms with Crippen LogP contribution in [0.15, 0.2) is 36.8 Å². The number of carbonyl (C=O) groups excluding carboxylic acids is 1. The van der Waals surface area contributed by atoms with Crippen LogP contribution in [-0.4, -0.2) is 21.0 Å². The largest absolute Gasteiger partial charge is 0.326 e. The molecule has 0 saturated heterocycles. The Kier molecular flexibility index (Phi) is 3.26. The van der Waals surface area contributed by atoms with E-state index in [1.807, 2.05) is 25.1 Å². The number of hydrogen-bond donors (Lipinski definition) is 2. The molecule has 2 amide bonds. The highest BCUT2D eigenvalue weighted by atomic mass is 32.1. The first-order valence-electron chi connectivity index (χ1n) is 5.92. The average molecular weight is 285 g/mol. The zero-order valence-corrected chi connectivity index (χ0v) is 11.4. The number of carbonyl (C=O) groups is 1. The summed E-state index contributed by atoms with van der Waals surface area (Å²) in [5.74, 6) is 0.391. The Morgan fingerprint density at radius 1 is 1.25 bits per heavy atom. The summed E-state index contributed by atoms with van der Waals surface area (Å²) in [5.41, 5.74) is 1.99. The molecule has 2 aromatic heterocycles. The quantitative estimate of drug-likeness (QED) is 0.758. The fraction of sp³-hybridized carbons (Fsp3) is 0.0769. The van der Waals surface area contributed by atoms with Crippen LogP contribution in [0.2, 0.25) is 0 Å². The number of rotatable bonds is 2. The number of nitrogens with one attached hydrogen (secondary N) is 2. The third kappa shape index (κ3) is 2.57. The molecule has 1 aromatic carbocycles. The lowest BCUT2D eigenvalue weighted by Gasteiger charge is -2.02. The third-order valence-electron chi connectivity index (χ3n) is 2.65. The topological polar surface area (TPSA) is 79.8 Å². The van der Waals surface area contributed by atoms with Crippen molar-refractivity contribution < 1.29 is 4.79 Å². The summed E-state index contributed by atoms with van der Waals surface area (Å²) in [6, 6.07) is 5.55. The number of benzene rings is 1. The van der Waals surface area contributed by atoms with Crippen LogP contribution in [0, 0.1) is 6.92 Å². The van der Waals surface area contributed by atoms with E-state index in [1.54, 1.807) is 6.20 Å². The number of thiazole rings is 1. The van der Waals surface area contributed by atoms with Gasteiger partial charge in [0.25, 0.3) is 0 Å². The Morgan fingerprint density at radius 3 is 2.90 bits per heavy atom. The number of para-hydroxylation sites is 1. The van der Waals surface area contributed by atoms with Crippen LogP contribution in [0.4, 0.5) is 15.7 Å². The Bertz CT molecular complexity index is 756. The van der Waals surface area contributed by atoms with Gasteiger partial charge in [-0.1, -0.05) is 23.5 Å². The van der Waals surface area contributed by atoms with Gasteiger partial charge in [0.05, 0.1) is 16.4 Å². The number of aromatic nitrogens is 3. The number of fused-ring (bicyclic) bond motifs is 1. The summed E-state index contributed by atoms with van der Waals surface area (Å²) in [6.45, 7) is 1.99. The van der Waals surface area contributed by atoms with Crippen molar-refractivity contribution in [1.82, 2.24) is 15.0 Å². The molecule has 100 valence electrons. The van der Waals surface area contributed by atoms with Crippen LogP contribution in [0.3, 0.4) is 0 Å². The summed E-state index contributed by atoms with van der Waals surface area (Å²) in [4.78, 5) is 24.1. The van der Waals surface area contributed by atoms with E-state index >= 15 is 0 Å². The molecule has 0 atom stereocenters. The number of aryl methyl sites for hydroxylation is 1. The Morgan fingerprint density at radius 2 is 2.15 bits per heavy atom. The normalized spacial score (nSPS) is 10.4. The van der Waals surface area contributed by atoms with Crippen molar-refractivity contribution >= 4 is 38.5 Å². The SMILES string of the molecule is Cc1cccc2sc(NC(=O)Nc3cnccn3)nc12. The second-order valence-electron chi connectivity index (χ2n) is 4.11. The van der Waals surface area contributed by atoms with E-state index in [4.69, 9.17) is 0 Å². The molecule has 0 saturated carbocycles. The van der Waals surface area contributed by atoms with Crippen molar-refractivity contribution in [3.05, 3.63) is 42.4 Å². The molecule has 2 heterocycles. The fourth-order valence-electron chi connectivity index (χ4n) is 1.75. The molecule has 0 radical (unpaired) electrons. The van der Waals surface area contributed by atoms with Gasteiger partial charge in [0.2, 0.25) is 0 Å². The number of amides is 2. The molecule has 0 fully saturated rings. The minimum absolute atomic E-state index is 0.387. The van der Waals surface area contributed by atoms with E-state index in [9.17, 15) is 4.79 Å². The van der Waals surface area contributed by atoms with Crippen LogP contribution < -0.4 is 10.6 Å².